The third kappa shape index (κ3) is 7.32. The number of nitrogens with two attached hydrogens (primary N) is 1. The Morgan fingerprint density at radius 3 is 2.05 bits per heavy atom. The fourth-order valence-corrected chi connectivity index (χ4v) is 1.31. The fourth-order valence-electron chi connectivity index (χ4n) is 1.31. The summed E-state index contributed by atoms with van der Waals surface area (Å²) >= 11 is 0. The number of carbonyl (C=O) groups is 2. The molecule has 0 amide bonds. The topological polar surface area (TPSA) is 191 Å². The number of aliphatic hydroxyl groups excluding tert-OH is 5. The maximum absolute atomic E-state index is 11.2. The minimum atomic E-state index is -1.83. The van der Waals surface area contributed by atoms with Gasteiger partial charge >= 0.3 is 11.9 Å². The van der Waals surface area contributed by atoms with Crippen LogP contribution in [0, 0.1) is 0 Å². The zero-order chi connectivity index (χ0) is 16.6. The first-order valence-corrected chi connectivity index (χ1v) is 6.17. The van der Waals surface area contributed by atoms with Crippen LogP contribution in [0.15, 0.2) is 0 Å². The average Bonchev–Trinajstić information content (AvgIpc) is 2.47. The summed E-state index contributed by atoms with van der Waals surface area (Å²) in [6.07, 6.45) is -7.43. The number of aliphatic hydroxyl groups is 5. The van der Waals surface area contributed by atoms with E-state index >= 15 is 0 Å². The van der Waals surface area contributed by atoms with Crippen LogP contribution in [-0.4, -0.2) is 86.2 Å². The van der Waals surface area contributed by atoms with Gasteiger partial charge in [-0.25, -0.2) is 0 Å². The van der Waals surface area contributed by atoms with Crippen LogP contribution in [0.25, 0.3) is 0 Å². The summed E-state index contributed by atoms with van der Waals surface area (Å²) in [4.78, 5) is 21.7. The number of carboxylic acids is 1. The maximum Gasteiger partial charge on any atom is 0.320 e. The predicted octanol–water partition coefficient (Wildman–Crippen LogP) is -3.84. The highest BCUT2D eigenvalue weighted by Gasteiger charge is 2.30. The molecular formula is C11H21NO9. The molecule has 21 heavy (non-hydrogen) atoms. The van der Waals surface area contributed by atoms with Crippen LogP contribution in [0.1, 0.15) is 12.8 Å². The summed E-state index contributed by atoms with van der Waals surface area (Å²) in [5.41, 5.74) is 5.18. The summed E-state index contributed by atoms with van der Waals surface area (Å²) in [5, 5.41) is 54.3. The lowest BCUT2D eigenvalue weighted by atomic mass is 10.0. The lowest BCUT2D eigenvalue weighted by molar-refractivity contribution is -0.156. The Morgan fingerprint density at radius 1 is 1.05 bits per heavy atom. The van der Waals surface area contributed by atoms with Gasteiger partial charge in [0.25, 0.3) is 0 Å². The Kier molecular flexibility index (Phi) is 9.01. The monoisotopic (exact) mass is 311 g/mol. The zero-order valence-electron chi connectivity index (χ0n) is 11.2. The van der Waals surface area contributed by atoms with Crippen molar-refractivity contribution < 1.29 is 45.0 Å². The van der Waals surface area contributed by atoms with E-state index in [0.717, 1.165) is 0 Å². The summed E-state index contributed by atoms with van der Waals surface area (Å²) in [6, 6.07) is -1.21. The molecule has 8 N–H and O–H groups in total. The van der Waals surface area contributed by atoms with Crippen LogP contribution in [-0.2, 0) is 14.3 Å². The highest BCUT2D eigenvalue weighted by molar-refractivity contribution is 5.75. The Bertz CT molecular complexity index is 338. The smallest absolute Gasteiger partial charge is 0.320 e. The largest absolute Gasteiger partial charge is 0.480 e. The summed E-state index contributed by atoms with van der Waals surface area (Å²) in [7, 11) is 0. The second kappa shape index (κ2) is 9.60. The molecule has 0 bridgehead atoms. The second-order valence-corrected chi connectivity index (χ2v) is 4.46. The van der Waals surface area contributed by atoms with Gasteiger partial charge in [0.1, 0.15) is 37.1 Å². The van der Waals surface area contributed by atoms with Gasteiger partial charge in [-0.2, -0.15) is 0 Å². The molecule has 124 valence electrons. The molecule has 0 aliphatic carbocycles. The molecule has 0 aromatic carbocycles. The Morgan fingerprint density at radius 2 is 1.57 bits per heavy atom. The number of esters is 1. The van der Waals surface area contributed by atoms with Gasteiger partial charge in [-0.15, -0.1) is 0 Å². The SMILES string of the molecule is N[C@@H](CCC(=O)OC[C@@H](O)[C@@H](O)[C@H](O)[C@H](O)CO)C(=O)O. The molecule has 0 heterocycles. The van der Waals surface area contributed by atoms with E-state index in [-0.39, 0.29) is 12.8 Å². The average molecular weight is 311 g/mol. The third-order valence-corrected chi connectivity index (χ3v) is 2.72. The van der Waals surface area contributed by atoms with Gasteiger partial charge in [-0.3, -0.25) is 9.59 Å². The van der Waals surface area contributed by atoms with Crippen molar-refractivity contribution in [2.75, 3.05) is 13.2 Å². The van der Waals surface area contributed by atoms with Crippen LogP contribution in [0.2, 0.25) is 0 Å². The molecule has 0 aromatic rings. The first-order chi connectivity index (χ1) is 9.70. The molecule has 0 aliphatic heterocycles. The van der Waals surface area contributed by atoms with E-state index < -0.39 is 55.6 Å². The van der Waals surface area contributed by atoms with Crippen molar-refractivity contribution in [1.29, 1.82) is 0 Å². The number of aliphatic carboxylic acids is 1. The van der Waals surface area contributed by atoms with E-state index in [2.05, 4.69) is 4.74 Å². The first-order valence-electron chi connectivity index (χ1n) is 6.17. The van der Waals surface area contributed by atoms with Crippen LogP contribution in [0.3, 0.4) is 0 Å². The van der Waals surface area contributed by atoms with Crippen molar-refractivity contribution in [3.05, 3.63) is 0 Å². The molecule has 0 fully saturated rings. The molecule has 10 heteroatoms. The minimum absolute atomic E-state index is 0.154. The van der Waals surface area contributed by atoms with E-state index in [1.807, 2.05) is 0 Å². The lowest BCUT2D eigenvalue weighted by Gasteiger charge is -2.25. The molecule has 10 nitrogen and oxygen atoms in total. The molecule has 0 aliphatic rings. The van der Waals surface area contributed by atoms with Gasteiger partial charge < -0.3 is 41.1 Å². The number of carbonyl (C=O) groups excluding carboxylic acids is 1. The van der Waals surface area contributed by atoms with Crippen LogP contribution < -0.4 is 5.73 Å². The van der Waals surface area contributed by atoms with Crippen molar-refractivity contribution >= 4 is 11.9 Å². The summed E-state index contributed by atoms with van der Waals surface area (Å²) in [5.74, 6) is -2.10. The van der Waals surface area contributed by atoms with Crippen LogP contribution in [0.5, 0.6) is 0 Å². The molecular weight excluding hydrogens is 290 g/mol. The zero-order valence-corrected chi connectivity index (χ0v) is 11.2. The molecule has 0 spiro atoms. The van der Waals surface area contributed by atoms with Crippen molar-refractivity contribution in [2.45, 2.75) is 43.3 Å². The predicted molar refractivity (Wildman–Crippen MR) is 66.9 cm³/mol. The molecule has 0 aromatic heterocycles. The van der Waals surface area contributed by atoms with Crippen LogP contribution in [0.4, 0.5) is 0 Å². The van der Waals surface area contributed by atoms with Gasteiger partial charge in [0.2, 0.25) is 0 Å². The van der Waals surface area contributed by atoms with Gasteiger partial charge in [-0.05, 0) is 6.42 Å². The van der Waals surface area contributed by atoms with E-state index in [4.69, 9.17) is 21.1 Å². The molecule has 0 unspecified atom stereocenters. The maximum atomic E-state index is 11.2. The Labute approximate surface area is 120 Å². The first kappa shape index (κ1) is 19.7. The van der Waals surface area contributed by atoms with Crippen molar-refractivity contribution in [3.8, 4) is 0 Å². The number of ether oxygens (including phenoxy) is 1. The fraction of sp³-hybridized carbons (Fsp3) is 0.818. The van der Waals surface area contributed by atoms with E-state index in [9.17, 15) is 24.9 Å². The minimum Gasteiger partial charge on any atom is -0.480 e. The van der Waals surface area contributed by atoms with Gasteiger partial charge in [0, 0.05) is 6.42 Å². The molecule has 5 atom stereocenters. The summed E-state index contributed by atoms with van der Waals surface area (Å²) in [6.45, 7) is -1.49. The van der Waals surface area contributed by atoms with E-state index in [0.29, 0.717) is 0 Å². The van der Waals surface area contributed by atoms with E-state index in [1.54, 1.807) is 0 Å². The van der Waals surface area contributed by atoms with Crippen LogP contribution >= 0.6 is 0 Å². The molecule has 0 saturated heterocycles. The molecule has 0 saturated carbocycles. The van der Waals surface area contributed by atoms with Gasteiger partial charge in [0.05, 0.1) is 6.61 Å². The third-order valence-electron chi connectivity index (χ3n) is 2.72. The Hall–Kier alpha value is -1.30. The Balaban J connectivity index is 4.09. The van der Waals surface area contributed by atoms with Crippen molar-refractivity contribution in [2.24, 2.45) is 5.73 Å². The number of carboxylic acid groups (broad SMARTS) is 1. The molecule has 0 radical (unpaired) electrons. The normalized spacial score (nSPS) is 18.4. The number of hydrogen-bond donors (Lipinski definition) is 7. The van der Waals surface area contributed by atoms with Gasteiger partial charge in [-0.1, -0.05) is 0 Å². The number of hydrogen-bond acceptors (Lipinski definition) is 9. The highest BCUT2D eigenvalue weighted by Crippen LogP contribution is 2.06. The second-order valence-electron chi connectivity index (χ2n) is 4.46. The number of rotatable bonds is 10. The van der Waals surface area contributed by atoms with Crippen molar-refractivity contribution in [1.82, 2.24) is 0 Å². The molecule has 0 rings (SSSR count). The lowest BCUT2D eigenvalue weighted by Crippen LogP contribution is -2.47. The summed E-state index contributed by atoms with van der Waals surface area (Å²) < 4.78 is 4.57. The quantitative estimate of drug-likeness (QED) is 0.196. The van der Waals surface area contributed by atoms with Gasteiger partial charge in [0.15, 0.2) is 0 Å². The standard InChI is InChI=1S/C11H21NO9/c12-5(11(19)20)1-2-8(16)21-4-7(15)10(18)9(17)6(14)3-13/h5-7,9-10,13-15,17-18H,1-4,12H2,(H,19,20)/t5-,6+,7+,9+,10+/m0/s1. The van der Waals surface area contributed by atoms with Crippen molar-refractivity contribution in [3.63, 3.8) is 0 Å². The highest BCUT2D eigenvalue weighted by atomic mass is 16.5. The van der Waals surface area contributed by atoms with E-state index in [1.165, 1.54) is 0 Å².